The third-order valence-electron chi connectivity index (χ3n) is 2.57. The highest BCUT2D eigenvalue weighted by Gasteiger charge is 2.16. The first kappa shape index (κ1) is 12.7. The van der Waals surface area contributed by atoms with Crippen molar-refractivity contribution >= 4 is 29.4 Å². The fourth-order valence-electron chi connectivity index (χ4n) is 1.68. The molecule has 6 nitrogen and oxygen atoms in total. The van der Waals surface area contributed by atoms with Gasteiger partial charge in [-0.3, -0.25) is 10.2 Å². The highest BCUT2D eigenvalue weighted by molar-refractivity contribution is 8.00. The topological polar surface area (TPSA) is 87.5 Å². The maximum absolute atomic E-state index is 11.3. The summed E-state index contributed by atoms with van der Waals surface area (Å²) in [6.45, 7) is 0.427. The smallest absolute Gasteiger partial charge is 0.324 e. The van der Waals surface area contributed by atoms with Crippen LogP contribution in [0.3, 0.4) is 0 Å². The lowest BCUT2D eigenvalue weighted by Gasteiger charge is -2.20. The van der Waals surface area contributed by atoms with Crippen molar-refractivity contribution < 1.29 is 9.59 Å². The summed E-state index contributed by atoms with van der Waals surface area (Å²) in [6, 6.07) is 5.40. The van der Waals surface area contributed by atoms with Gasteiger partial charge in [0.25, 0.3) is 0 Å². The number of carbonyl (C=O) groups excluding carboxylic acids is 2. The molecule has 7 heteroatoms. The van der Waals surface area contributed by atoms with Gasteiger partial charge >= 0.3 is 6.03 Å². The standard InChI is InChI=1S/C11H14N4O2S/c1-15(11(17)14-12)5-7-2-3-9-8(4-7)13-10(16)6-18-9/h2-4H,5-6,12H2,1H3,(H,13,16)(H,14,17). The summed E-state index contributed by atoms with van der Waals surface area (Å²) >= 11 is 1.51. The Hall–Kier alpha value is -1.73. The predicted molar refractivity (Wildman–Crippen MR) is 70.0 cm³/mol. The molecule has 0 saturated carbocycles. The van der Waals surface area contributed by atoms with Gasteiger partial charge in [0.2, 0.25) is 5.91 Å². The van der Waals surface area contributed by atoms with E-state index in [-0.39, 0.29) is 11.9 Å². The molecular weight excluding hydrogens is 252 g/mol. The van der Waals surface area contributed by atoms with Gasteiger partial charge in [0.05, 0.1) is 11.4 Å². The number of nitrogens with one attached hydrogen (secondary N) is 2. The first-order valence-corrected chi connectivity index (χ1v) is 6.36. The molecule has 0 aliphatic carbocycles. The fourth-order valence-corrected chi connectivity index (χ4v) is 2.47. The number of nitrogens with two attached hydrogens (primary N) is 1. The second-order valence-electron chi connectivity index (χ2n) is 3.97. The molecule has 2 rings (SSSR count). The molecule has 18 heavy (non-hydrogen) atoms. The van der Waals surface area contributed by atoms with Crippen molar-refractivity contribution in [2.24, 2.45) is 5.84 Å². The molecule has 1 aromatic carbocycles. The van der Waals surface area contributed by atoms with E-state index in [0.717, 1.165) is 16.1 Å². The Kier molecular flexibility index (Phi) is 3.73. The quantitative estimate of drug-likeness (QED) is 0.419. The van der Waals surface area contributed by atoms with Gasteiger partial charge < -0.3 is 10.2 Å². The van der Waals surface area contributed by atoms with Gasteiger partial charge in [-0.25, -0.2) is 10.6 Å². The normalized spacial score (nSPS) is 13.6. The Morgan fingerprint density at radius 1 is 1.61 bits per heavy atom. The summed E-state index contributed by atoms with van der Waals surface area (Å²) in [7, 11) is 1.65. The molecule has 0 fully saturated rings. The molecule has 0 aromatic heterocycles. The van der Waals surface area contributed by atoms with E-state index in [9.17, 15) is 9.59 Å². The van der Waals surface area contributed by atoms with E-state index >= 15 is 0 Å². The molecule has 0 unspecified atom stereocenters. The SMILES string of the molecule is CN(Cc1ccc2c(c1)NC(=O)CS2)C(=O)NN. The van der Waals surface area contributed by atoms with Crippen LogP contribution in [0.15, 0.2) is 23.1 Å². The second-order valence-corrected chi connectivity index (χ2v) is 4.99. The van der Waals surface area contributed by atoms with Crippen LogP contribution in [0.2, 0.25) is 0 Å². The predicted octanol–water partition coefficient (Wildman–Crippen LogP) is 0.746. The first-order valence-electron chi connectivity index (χ1n) is 5.37. The molecule has 0 bridgehead atoms. The van der Waals surface area contributed by atoms with Gasteiger partial charge in [0.15, 0.2) is 0 Å². The Bertz CT molecular complexity index is 492. The maximum Gasteiger partial charge on any atom is 0.331 e. The summed E-state index contributed by atoms with van der Waals surface area (Å²) in [5.74, 6) is 5.50. The average Bonchev–Trinajstić information content (AvgIpc) is 2.37. The van der Waals surface area contributed by atoms with Crippen LogP contribution >= 0.6 is 11.8 Å². The van der Waals surface area contributed by atoms with Crippen molar-refractivity contribution in [2.45, 2.75) is 11.4 Å². The van der Waals surface area contributed by atoms with Crippen LogP contribution in [0, 0.1) is 0 Å². The molecule has 1 aliphatic rings. The third kappa shape index (κ3) is 2.74. The molecule has 1 heterocycles. The molecule has 96 valence electrons. The average molecular weight is 266 g/mol. The van der Waals surface area contributed by atoms with E-state index in [0.29, 0.717) is 12.3 Å². The van der Waals surface area contributed by atoms with Crippen LogP contribution < -0.4 is 16.6 Å². The summed E-state index contributed by atoms with van der Waals surface area (Å²) < 4.78 is 0. The molecule has 0 spiro atoms. The highest BCUT2D eigenvalue weighted by Crippen LogP contribution is 2.32. The van der Waals surface area contributed by atoms with Crippen LogP contribution in [-0.2, 0) is 11.3 Å². The number of thioether (sulfide) groups is 1. The van der Waals surface area contributed by atoms with Crippen molar-refractivity contribution in [3.05, 3.63) is 23.8 Å². The van der Waals surface area contributed by atoms with Crippen LogP contribution in [0.25, 0.3) is 0 Å². The number of hydrazine groups is 1. The number of hydrogen-bond donors (Lipinski definition) is 3. The molecule has 1 aromatic rings. The van der Waals surface area contributed by atoms with Gasteiger partial charge in [0.1, 0.15) is 0 Å². The molecule has 0 atom stereocenters. The Morgan fingerprint density at radius 2 is 2.39 bits per heavy atom. The first-order chi connectivity index (χ1) is 8.60. The Labute approximate surface area is 109 Å². The molecule has 1 aliphatic heterocycles. The lowest BCUT2D eigenvalue weighted by atomic mass is 10.2. The minimum absolute atomic E-state index is 0.00212. The molecule has 4 N–H and O–H groups in total. The maximum atomic E-state index is 11.3. The monoisotopic (exact) mass is 266 g/mol. The van der Waals surface area contributed by atoms with Gasteiger partial charge in [0, 0.05) is 18.5 Å². The largest absolute Gasteiger partial charge is 0.331 e. The van der Waals surface area contributed by atoms with Crippen LogP contribution in [0.5, 0.6) is 0 Å². The number of fused-ring (bicyclic) bond motifs is 1. The number of benzene rings is 1. The van der Waals surface area contributed by atoms with Crippen molar-refractivity contribution in [2.75, 3.05) is 18.1 Å². The third-order valence-corrected chi connectivity index (χ3v) is 3.64. The number of rotatable bonds is 2. The molecule has 3 amide bonds. The second kappa shape index (κ2) is 5.28. The van der Waals surface area contributed by atoms with E-state index < -0.39 is 0 Å². The Morgan fingerprint density at radius 3 is 3.11 bits per heavy atom. The molecular formula is C11H14N4O2S. The number of nitrogens with zero attached hydrogens (tertiary/aromatic N) is 1. The lowest BCUT2D eigenvalue weighted by molar-refractivity contribution is -0.113. The Balaban J connectivity index is 2.13. The zero-order valence-corrected chi connectivity index (χ0v) is 10.7. The van der Waals surface area contributed by atoms with Gasteiger partial charge in [-0.15, -0.1) is 11.8 Å². The summed E-state index contributed by atoms with van der Waals surface area (Å²) in [6.07, 6.45) is 0. The van der Waals surface area contributed by atoms with Crippen molar-refractivity contribution in [1.82, 2.24) is 10.3 Å². The van der Waals surface area contributed by atoms with Crippen LogP contribution in [-0.4, -0.2) is 29.6 Å². The zero-order chi connectivity index (χ0) is 13.1. The number of carbonyl (C=O) groups is 2. The minimum atomic E-state index is -0.355. The lowest BCUT2D eigenvalue weighted by Crippen LogP contribution is -2.40. The van der Waals surface area contributed by atoms with Gasteiger partial charge in [-0.2, -0.15) is 0 Å². The van der Waals surface area contributed by atoms with Crippen molar-refractivity contribution in [1.29, 1.82) is 0 Å². The van der Waals surface area contributed by atoms with E-state index in [4.69, 9.17) is 5.84 Å². The number of hydrogen-bond acceptors (Lipinski definition) is 4. The van der Waals surface area contributed by atoms with E-state index in [1.165, 1.54) is 16.7 Å². The molecule has 0 saturated heterocycles. The number of anilines is 1. The minimum Gasteiger partial charge on any atom is -0.324 e. The number of amides is 3. The van der Waals surface area contributed by atoms with Crippen LogP contribution in [0.4, 0.5) is 10.5 Å². The zero-order valence-electron chi connectivity index (χ0n) is 9.90. The summed E-state index contributed by atoms with van der Waals surface area (Å²) in [5, 5.41) is 2.81. The van der Waals surface area contributed by atoms with E-state index in [1.807, 2.05) is 18.2 Å². The van der Waals surface area contributed by atoms with Crippen molar-refractivity contribution in [3.8, 4) is 0 Å². The molecule has 0 radical (unpaired) electrons. The summed E-state index contributed by atoms with van der Waals surface area (Å²) in [5.41, 5.74) is 3.80. The van der Waals surface area contributed by atoms with Crippen molar-refractivity contribution in [3.63, 3.8) is 0 Å². The summed E-state index contributed by atoms with van der Waals surface area (Å²) in [4.78, 5) is 25.1. The van der Waals surface area contributed by atoms with Crippen LogP contribution in [0.1, 0.15) is 5.56 Å². The fraction of sp³-hybridized carbons (Fsp3) is 0.273. The van der Waals surface area contributed by atoms with E-state index in [1.54, 1.807) is 7.05 Å². The highest BCUT2D eigenvalue weighted by atomic mass is 32.2. The number of urea groups is 1. The van der Waals surface area contributed by atoms with Gasteiger partial charge in [-0.1, -0.05) is 6.07 Å². The van der Waals surface area contributed by atoms with E-state index in [2.05, 4.69) is 10.7 Å². The van der Waals surface area contributed by atoms with Gasteiger partial charge in [-0.05, 0) is 17.7 Å².